The summed E-state index contributed by atoms with van der Waals surface area (Å²) in [5.74, 6) is -0.0465. The van der Waals surface area contributed by atoms with Crippen molar-refractivity contribution in [2.45, 2.75) is 32.4 Å². The van der Waals surface area contributed by atoms with Crippen molar-refractivity contribution in [3.05, 3.63) is 53.9 Å². The summed E-state index contributed by atoms with van der Waals surface area (Å²) in [5, 5.41) is 4.16. The molecule has 100 valence electrons. The molecule has 19 heavy (non-hydrogen) atoms. The van der Waals surface area contributed by atoms with Crippen LogP contribution in [0, 0.1) is 0 Å². The van der Waals surface area contributed by atoms with Crippen LogP contribution in [0.25, 0.3) is 0 Å². The minimum Gasteiger partial charge on any atom is -0.321 e. The van der Waals surface area contributed by atoms with Crippen molar-refractivity contribution >= 4 is 5.78 Å². The number of rotatable bonds is 6. The Labute approximate surface area is 113 Å². The van der Waals surface area contributed by atoms with Gasteiger partial charge in [0.25, 0.3) is 0 Å². The lowest BCUT2D eigenvalue weighted by atomic mass is 10.0. The van der Waals surface area contributed by atoms with Gasteiger partial charge in [0.1, 0.15) is 5.69 Å². The van der Waals surface area contributed by atoms with E-state index in [2.05, 4.69) is 12.0 Å². The summed E-state index contributed by atoms with van der Waals surface area (Å²) in [4.78, 5) is 12.3. The Balaban J connectivity index is 2.08. The molecule has 0 bridgehead atoms. The van der Waals surface area contributed by atoms with Crippen LogP contribution in [0.5, 0.6) is 0 Å². The number of carbonyl (C=O) groups is 1. The molecule has 1 unspecified atom stereocenters. The molecule has 2 N–H and O–H groups in total. The lowest BCUT2D eigenvalue weighted by Gasteiger charge is -2.12. The highest BCUT2D eigenvalue weighted by molar-refractivity contribution is 5.98. The molecule has 0 aliphatic heterocycles. The Morgan fingerprint density at radius 3 is 2.74 bits per heavy atom. The number of ketones is 1. The SMILES string of the molecule is CCCn1nccc1C(=O)C(N)Cc1ccccc1. The summed E-state index contributed by atoms with van der Waals surface area (Å²) in [6.07, 6.45) is 3.14. The molecule has 0 amide bonds. The molecule has 4 nitrogen and oxygen atoms in total. The molecule has 0 fully saturated rings. The lowest BCUT2D eigenvalue weighted by Crippen LogP contribution is -2.34. The highest BCUT2D eigenvalue weighted by atomic mass is 16.1. The van der Waals surface area contributed by atoms with Gasteiger partial charge in [-0.3, -0.25) is 9.48 Å². The molecule has 2 aromatic rings. The van der Waals surface area contributed by atoms with Crippen molar-refractivity contribution in [1.29, 1.82) is 0 Å². The van der Waals surface area contributed by atoms with E-state index in [-0.39, 0.29) is 5.78 Å². The van der Waals surface area contributed by atoms with Gasteiger partial charge in [-0.25, -0.2) is 0 Å². The molecule has 0 aliphatic carbocycles. The van der Waals surface area contributed by atoms with Crippen LogP contribution < -0.4 is 5.73 Å². The maximum Gasteiger partial charge on any atom is 0.197 e. The zero-order valence-electron chi connectivity index (χ0n) is 11.1. The average molecular weight is 257 g/mol. The molecule has 1 aromatic heterocycles. The van der Waals surface area contributed by atoms with Gasteiger partial charge in [0.2, 0.25) is 0 Å². The molecule has 0 saturated carbocycles. The average Bonchev–Trinajstić information content (AvgIpc) is 2.87. The van der Waals surface area contributed by atoms with Crippen molar-refractivity contribution in [3.8, 4) is 0 Å². The van der Waals surface area contributed by atoms with Crippen molar-refractivity contribution in [2.24, 2.45) is 5.73 Å². The van der Waals surface area contributed by atoms with Crippen LogP contribution in [-0.4, -0.2) is 21.6 Å². The van der Waals surface area contributed by atoms with E-state index < -0.39 is 6.04 Å². The van der Waals surface area contributed by atoms with Crippen molar-refractivity contribution in [3.63, 3.8) is 0 Å². The van der Waals surface area contributed by atoms with Gasteiger partial charge in [-0.1, -0.05) is 37.3 Å². The fraction of sp³-hybridized carbons (Fsp3) is 0.333. The number of nitrogens with two attached hydrogens (primary N) is 1. The molecule has 0 spiro atoms. The van der Waals surface area contributed by atoms with E-state index in [0.29, 0.717) is 12.1 Å². The minimum absolute atomic E-state index is 0.0465. The van der Waals surface area contributed by atoms with Gasteiger partial charge >= 0.3 is 0 Å². The zero-order valence-corrected chi connectivity index (χ0v) is 11.1. The van der Waals surface area contributed by atoms with Crippen LogP contribution in [0.15, 0.2) is 42.6 Å². The van der Waals surface area contributed by atoms with Gasteiger partial charge in [-0.2, -0.15) is 5.10 Å². The minimum atomic E-state index is -0.519. The predicted molar refractivity (Wildman–Crippen MR) is 75.0 cm³/mol. The Morgan fingerprint density at radius 2 is 2.05 bits per heavy atom. The molecule has 0 radical (unpaired) electrons. The monoisotopic (exact) mass is 257 g/mol. The second-order valence-electron chi connectivity index (χ2n) is 4.60. The molecule has 0 saturated heterocycles. The predicted octanol–water partition coefficient (Wildman–Crippen LogP) is 2.05. The van der Waals surface area contributed by atoms with Gasteiger partial charge in [-0.05, 0) is 24.5 Å². The first-order valence-electron chi connectivity index (χ1n) is 6.58. The molecule has 2 rings (SSSR count). The number of Topliss-reactive ketones (excluding diaryl/α,β-unsaturated/α-hetero) is 1. The topological polar surface area (TPSA) is 60.9 Å². The smallest absolute Gasteiger partial charge is 0.197 e. The van der Waals surface area contributed by atoms with E-state index in [9.17, 15) is 4.79 Å². The first-order chi connectivity index (χ1) is 9.22. The normalized spacial score (nSPS) is 12.3. The summed E-state index contributed by atoms with van der Waals surface area (Å²) in [7, 11) is 0. The van der Waals surface area contributed by atoms with E-state index in [1.807, 2.05) is 30.3 Å². The first-order valence-corrected chi connectivity index (χ1v) is 6.58. The quantitative estimate of drug-likeness (QED) is 0.806. The largest absolute Gasteiger partial charge is 0.321 e. The molecule has 1 atom stereocenters. The van der Waals surface area contributed by atoms with Crippen LogP contribution in [0.1, 0.15) is 29.4 Å². The highest BCUT2D eigenvalue weighted by Gasteiger charge is 2.19. The van der Waals surface area contributed by atoms with Gasteiger partial charge in [-0.15, -0.1) is 0 Å². The van der Waals surface area contributed by atoms with Crippen LogP contribution in [-0.2, 0) is 13.0 Å². The number of hydrogen-bond donors (Lipinski definition) is 1. The highest BCUT2D eigenvalue weighted by Crippen LogP contribution is 2.08. The molecular formula is C15H19N3O. The van der Waals surface area contributed by atoms with E-state index in [1.165, 1.54) is 0 Å². The Morgan fingerprint density at radius 1 is 1.32 bits per heavy atom. The van der Waals surface area contributed by atoms with Crippen molar-refractivity contribution in [1.82, 2.24) is 9.78 Å². The summed E-state index contributed by atoms with van der Waals surface area (Å²) >= 11 is 0. The van der Waals surface area contributed by atoms with E-state index in [1.54, 1.807) is 16.9 Å². The van der Waals surface area contributed by atoms with E-state index in [4.69, 9.17) is 5.73 Å². The molecule has 1 heterocycles. The number of benzene rings is 1. The number of aromatic nitrogens is 2. The van der Waals surface area contributed by atoms with Gasteiger partial charge in [0.05, 0.1) is 6.04 Å². The van der Waals surface area contributed by atoms with Gasteiger partial charge < -0.3 is 5.73 Å². The summed E-state index contributed by atoms with van der Waals surface area (Å²) in [6, 6.07) is 11.0. The zero-order chi connectivity index (χ0) is 13.7. The molecular weight excluding hydrogens is 238 g/mol. The Hall–Kier alpha value is -1.94. The molecule has 4 heteroatoms. The maximum atomic E-state index is 12.3. The van der Waals surface area contributed by atoms with E-state index in [0.717, 1.165) is 18.5 Å². The summed E-state index contributed by atoms with van der Waals surface area (Å²) in [6.45, 7) is 2.80. The third-order valence-corrected chi connectivity index (χ3v) is 3.04. The van der Waals surface area contributed by atoms with Crippen molar-refractivity contribution < 1.29 is 4.79 Å². The fourth-order valence-electron chi connectivity index (χ4n) is 2.08. The molecule has 1 aromatic carbocycles. The summed E-state index contributed by atoms with van der Waals surface area (Å²) in [5.41, 5.74) is 7.69. The Bertz CT molecular complexity index is 533. The second kappa shape index (κ2) is 6.29. The van der Waals surface area contributed by atoms with Crippen LogP contribution in [0.3, 0.4) is 0 Å². The number of nitrogens with zero attached hydrogens (tertiary/aromatic N) is 2. The third kappa shape index (κ3) is 3.29. The second-order valence-corrected chi connectivity index (χ2v) is 4.60. The lowest BCUT2D eigenvalue weighted by molar-refractivity contribution is 0.0950. The van der Waals surface area contributed by atoms with Crippen LogP contribution in [0.2, 0.25) is 0 Å². The summed E-state index contributed by atoms with van der Waals surface area (Å²) < 4.78 is 1.73. The Kier molecular flexibility index (Phi) is 4.47. The van der Waals surface area contributed by atoms with Gasteiger partial charge in [0, 0.05) is 12.7 Å². The van der Waals surface area contributed by atoms with Crippen LogP contribution >= 0.6 is 0 Å². The van der Waals surface area contributed by atoms with Crippen molar-refractivity contribution in [2.75, 3.05) is 0 Å². The van der Waals surface area contributed by atoms with E-state index >= 15 is 0 Å². The van der Waals surface area contributed by atoms with Crippen LogP contribution in [0.4, 0.5) is 0 Å². The first kappa shape index (κ1) is 13.5. The molecule has 0 aliphatic rings. The maximum absolute atomic E-state index is 12.3. The third-order valence-electron chi connectivity index (χ3n) is 3.04. The fourth-order valence-corrected chi connectivity index (χ4v) is 2.08. The number of hydrogen-bond acceptors (Lipinski definition) is 3. The standard InChI is InChI=1S/C15H19N3O/c1-2-10-18-14(8-9-17-18)15(19)13(16)11-12-6-4-3-5-7-12/h3-9,13H,2,10-11,16H2,1H3. The van der Waals surface area contributed by atoms with Gasteiger partial charge in [0.15, 0.2) is 5.78 Å². The number of carbonyl (C=O) groups excluding carboxylic acids is 1. The number of aryl methyl sites for hydroxylation is 1.